The van der Waals surface area contributed by atoms with E-state index in [0.29, 0.717) is 11.3 Å². The van der Waals surface area contributed by atoms with Gasteiger partial charge in [-0.2, -0.15) is 4.39 Å². The number of aliphatic hydroxyl groups excluding tert-OH is 1. The van der Waals surface area contributed by atoms with Crippen molar-refractivity contribution in [3.63, 3.8) is 0 Å². The number of likely N-dealkylation sites (tertiary alicyclic amines) is 1. The van der Waals surface area contributed by atoms with Crippen LogP contribution in [0.2, 0.25) is 0 Å². The zero-order valence-electron chi connectivity index (χ0n) is 22.9. The van der Waals surface area contributed by atoms with Gasteiger partial charge in [-0.3, -0.25) is 15.1 Å². The van der Waals surface area contributed by atoms with Crippen LogP contribution in [-0.2, 0) is 4.79 Å². The Balaban J connectivity index is 1.53. The zero-order chi connectivity index (χ0) is 28.1. The van der Waals surface area contributed by atoms with Crippen molar-refractivity contribution in [3.8, 4) is 0 Å². The number of aromatic nitrogens is 1. The number of hydrazine groups is 2. The Bertz CT molecular complexity index is 1150. The van der Waals surface area contributed by atoms with E-state index in [1.807, 2.05) is 58.0 Å². The lowest BCUT2D eigenvalue weighted by atomic mass is 9.99. The van der Waals surface area contributed by atoms with Crippen LogP contribution in [0.25, 0.3) is 0 Å². The number of hydrogen-bond donors (Lipinski definition) is 4. The minimum atomic E-state index is -1.28. The normalized spacial score (nSPS) is 20.7. The van der Waals surface area contributed by atoms with Crippen LogP contribution < -0.4 is 16.3 Å². The summed E-state index contributed by atoms with van der Waals surface area (Å²) in [5.41, 5.74) is 7.51. The van der Waals surface area contributed by atoms with E-state index in [4.69, 9.17) is 0 Å². The van der Waals surface area contributed by atoms with Gasteiger partial charge in [-0.25, -0.2) is 9.37 Å². The highest BCUT2D eigenvalue weighted by atomic mass is 19.1. The summed E-state index contributed by atoms with van der Waals surface area (Å²) in [6.07, 6.45) is -0.789. The minimum Gasteiger partial charge on any atom is -0.376 e. The summed E-state index contributed by atoms with van der Waals surface area (Å²) < 4.78 is 29.5. The van der Waals surface area contributed by atoms with Crippen molar-refractivity contribution in [2.45, 2.75) is 64.5 Å². The number of carbonyl (C=O) groups excluding carboxylic acids is 1. The zero-order valence-corrected chi connectivity index (χ0v) is 22.9. The van der Waals surface area contributed by atoms with Gasteiger partial charge < -0.3 is 20.3 Å². The van der Waals surface area contributed by atoms with Gasteiger partial charge in [0.1, 0.15) is 24.8 Å². The van der Waals surface area contributed by atoms with E-state index in [0.717, 1.165) is 24.5 Å². The quantitative estimate of drug-likeness (QED) is 0.254. The molecule has 4 N–H and O–H groups in total. The van der Waals surface area contributed by atoms with E-state index in [-0.39, 0.29) is 31.3 Å². The summed E-state index contributed by atoms with van der Waals surface area (Å²) in [4.78, 5) is 21.1. The molecule has 1 amide bonds. The van der Waals surface area contributed by atoms with E-state index in [1.54, 1.807) is 23.3 Å². The van der Waals surface area contributed by atoms with Crippen LogP contribution in [0.4, 0.5) is 8.78 Å². The Morgan fingerprint density at radius 3 is 2.56 bits per heavy atom. The van der Waals surface area contributed by atoms with Gasteiger partial charge in [0.05, 0.1) is 30.5 Å². The molecule has 2 aromatic rings. The third kappa shape index (κ3) is 6.48. The Morgan fingerprint density at radius 1 is 1.21 bits per heavy atom. The fourth-order valence-corrected chi connectivity index (χ4v) is 5.20. The Hall–Kier alpha value is -3.28. The van der Waals surface area contributed by atoms with E-state index in [1.165, 1.54) is 4.90 Å². The van der Waals surface area contributed by atoms with Gasteiger partial charge in [0.25, 0.3) is 0 Å². The topological polar surface area (TPSA) is 96.0 Å². The number of halogens is 2. The number of nitrogens with one attached hydrogen (secondary N) is 3. The maximum absolute atomic E-state index is 14.8. The molecule has 0 aliphatic carbocycles. The van der Waals surface area contributed by atoms with Crippen LogP contribution in [0, 0.1) is 5.95 Å². The third-order valence-electron chi connectivity index (χ3n) is 7.32. The van der Waals surface area contributed by atoms with Crippen molar-refractivity contribution >= 4 is 5.91 Å². The monoisotopic (exact) mass is 543 g/mol. The van der Waals surface area contributed by atoms with Crippen LogP contribution in [0.1, 0.15) is 62.9 Å². The lowest BCUT2D eigenvalue weighted by molar-refractivity contribution is -0.136. The number of nitrogens with zero attached hydrogens (tertiary/aromatic N) is 4. The average molecular weight is 544 g/mol. The standard InChI is InChI=1S/C28H39F2N7O2/c1-5-35(6-2)24-15-31-34-37(24)17-25(38)36-16-20(29)14-23(36)28(39)33-26(19-10-8-7-9-11-19)22-13-12-21(18(3)4)27(30)32-22/h7-13,15,18,20,23,26,28,31,33-34,39H,5-6,14,16-17H2,1-4H3/t20-,23+,26+,28?/m1/s1. The van der Waals surface area contributed by atoms with Gasteiger partial charge in [-0.15, -0.1) is 5.53 Å². The molecule has 11 heteroatoms. The summed E-state index contributed by atoms with van der Waals surface area (Å²) >= 11 is 0. The second-order valence-electron chi connectivity index (χ2n) is 10.2. The van der Waals surface area contributed by atoms with Gasteiger partial charge in [-0.05, 0) is 31.4 Å². The smallest absolute Gasteiger partial charge is 0.244 e. The van der Waals surface area contributed by atoms with Gasteiger partial charge in [-0.1, -0.05) is 50.2 Å². The van der Waals surface area contributed by atoms with Crippen molar-refractivity contribution in [1.82, 2.24) is 36.1 Å². The molecule has 212 valence electrons. The molecule has 0 radical (unpaired) electrons. The van der Waals surface area contributed by atoms with Gasteiger partial charge in [0, 0.05) is 25.1 Å². The number of aliphatic hydroxyl groups is 1. The van der Waals surface area contributed by atoms with Crippen molar-refractivity contribution in [1.29, 1.82) is 0 Å². The van der Waals surface area contributed by atoms with Crippen molar-refractivity contribution in [2.24, 2.45) is 0 Å². The molecular formula is C28H39F2N7O2. The lowest BCUT2D eigenvalue weighted by Crippen LogP contribution is -2.54. The molecule has 1 unspecified atom stereocenters. The summed E-state index contributed by atoms with van der Waals surface area (Å²) in [7, 11) is 0. The summed E-state index contributed by atoms with van der Waals surface area (Å²) in [5, 5.41) is 16.1. The van der Waals surface area contributed by atoms with Crippen LogP contribution in [0.15, 0.2) is 54.5 Å². The fourth-order valence-electron chi connectivity index (χ4n) is 5.20. The second-order valence-corrected chi connectivity index (χ2v) is 10.2. The first-order chi connectivity index (χ1) is 18.7. The lowest BCUT2D eigenvalue weighted by Gasteiger charge is -2.34. The molecule has 2 aliphatic heterocycles. The average Bonchev–Trinajstić information content (AvgIpc) is 3.54. The molecule has 39 heavy (non-hydrogen) atoms. The van der Waals surface area contributed by atoms with Crippen LogP contribution in [0.5, 0.6) is 0 Å². The molecule has 0 saturated carbocycles. The summed E-state index contributed by atoms with van der Waals surface area (Å²) in [5.74, 6) is -0.110. The minimum absolute atomic E-state index is 0.0140. The molecule has 1 aromatic heterocycles. The maximum atomic E-state index is 14.8. The molecule has 9 nitrogen and oxygen atoms in total. The van der Waals surface area contributed by atoms with Crippen LogP contribution >= 0.6 is 0 Å². The molecule has 1 aromatic carbocycles. The first kappa shape index (κ1) is 28.7. The van der Waals surface area contributed by atoms with Gasteiger partial charge in [0.2, 0.25) is 11.9 Å². The third-order valence-corrected chi connectivity index (χ3v) is 7.32. The fraction of sp³-hybridized carbons (Fsp3) is 0.500. The number of hydrogen-bond acceptors (Lipinski definition) is 8. The number of benzene rings is 1. The number of amides is 1. The number of pyridine rings is 1. The first-order valence-corrected chi connectivity index (χ1v) is 13.6. The molecular weight excluding hydrogens is 504 g/mol. The summed E-state index contributed by atoms with van der Waals surface area (Å²) in [6.45, 7) is 9.19. The Labute approximate surface area is 228 Å². The van der Waals surface area contributed by atoms with E-state index >= 15 is 0 Å². The van der Waals surface area contributed by atoms with E-state index in [2.05, 4.69) is 26.2 Å². The van der Waals surface area contributed by atoms with Gasteiger partial charge in [0.15, 0.2) is 0 Å². The van der Waals surface area contributed by atoms with Crippen molar-refractivity contribution < 1.29 is 18.7 Å². The van der Waals surface area contributed by atoms with Crippen LogP contribution in [0.3, 0.4) is 0 Å². The molecule has 4 atom stereocenters. The molecule has 0 spiro atoms. The predicted octanol–water partition coefficient (Wildman–Crippen LogP) is 2.75. The van der Waals surface area contributed by atoms with Crippen molar-refractivity contribution in [3.05, 3.63) is 77.3 Å². The highest BCUT2D eigenvalue weighted by Crippen LogP contribution is 2.28. The molecule has 0 bridgehead atoms. The predicted molar refractivity (Wildman–Crippen MR) is 145 cm³/mol. The second kappa shape index (κ2) is 12.7. The number of alkyl halides is 1. The highest BCUT2D eigenvalue weighted by Gasteiger charge is 2.41. The molecule has 3 heterocycles. The highest BCUT2D eigenvalue weighted by molar-refractivity contribution is 5.79. The summed E-state index contributed by atoms with van der Waals surface area (Å²) in [6, 6.07) is 11.2. The number of carbonyl (C=O) groups is 1. The first-order valence-electron chi connectivity index (χ1n) is 13.6. The van der Waals surface area contributed by atoms with Gasteiger partial charge >= 0.3 is 0 Å². The maximum Gasteiger partial charge on any atom is 0.244 e. The SMILES string of the molecule is CCN(CC)C1=CNNN1CC(=O)N1C[C@H](F)C[C@H]1C(O)N[C@@H](c1ccccc1)c1ccc(C(C)C)c(F)n1. The molecule has 4 rings (SSSR count). The molecule has 1 fully saturated rings. The largest absolute Gasteiger partial charge is 0.376 e. The van der Waals surface area contributed by atoms with E-state index < -0.39 is 30.4 Å². The number of rotatable bonds is 11. The Morgan fingerprint density at radius 2 is 1.92 bits per heavy atom. The van der Waals surface area contributed by atoms with Crippen LogP contribution in [-0.4, -0.2) is 75.4 Å². The van der Waals surface area contributed by atoms with Crippen molar-refractivity contribution in [2.75, 3.05) is 26.2 Å². The molecule has 2 aliphatic rings. The molecule has 1 saturated heterocycles. The van der Waals surface area contributed by atoms with E-state index in [9.17, 15) is 18.7 Å². The Kier molecular flexibility index (Phi) is 9.36.